The zero-order valence-electron chi connectivity index (χ0n) is 13.4. The normalized spacial score (nSPS) is 10.8. The molecule has 3 rings (SSSR count). The third-order valence-electron chi connectivity index (χ3n) is 3.86. The maximum atomic E-state index is 13.6. The van der Waals surface area contributed by atoms with Crippen molar-refractivity contribution in [1.29, 1.82) is 0 Å². The van der Waals surface area contributed by atoms with Crippen LogP contribution in [0, 0.1) is 5.82 Å². The Balaban J connectivity index is 2.18. The molecule has 24 heavy (non-hydrogen) atoms. The van der Waals surface area contributed by atoms with Crippen LogP contribution < -0.4 is 4.74 Å². The van der Waals surface area contributed by atoms with Crippen molar-refractivity contribution in [1.82, 2.24) is 9.55 Å². The average molecular weight is 326 g/mol. The molecule has 0 saturated heterocycles. The molecule has 0 aliphatic carbocycles. The first-order valence-electron chi connectivity index (χ1n) is 7.80. The molecule has 0 atom stereocenters. The van der Waals surface area contributed by atoms with Crippen molar-refractivity contribution in [2.45, 2.75) is 13.0 Å². The number of nitrogens with zero attached hydrogens (tertiary/aromatic N) is 2. The van der Waals surface area contributed by atoms with Crippen molar-refractivity contribution in [3.8, 4) is 28.3 Å². The second-order valence-corrected chi connectivity index (χ2v) is 5.42. The highest BCUT2D eigenvalue weighted by Crippen LogP contribution is 2.37. The van der Waals surface area contributed by atoms with Gasteiger partial charge >= 0.3 is 0 Å². The lowest BCUT2D eigenvalue weighted by Crippen LogP contribution is -2.02. The van der Waals surface area contributed by atoms with Crippen LogP contribution in [-0.2, 0) is 6.54 Å². The molecule has 1 heterocycles. The second kappa shape index (κ2) is 7.27. The van der Waals surface area contributed by atoms with Crippen LogP contribution in [0.2, 0.25) is 0 Å². The summed E-state index contributed by atoms with van der Waals surface area (Å²) in [6, 6.07) is 14.3. The highest BCUT2D eigenvalue weighted by molar-refractivity contribution is 5.81. The van der Waals surface area contributed by atoms with Crippen LogP contribution in [0.25, 0.3) is 22.5 Å². The summed E-state index contributed by atoms with van der Waals surface area (Å²) < 4.78 is 20.9. The number of aliphatic hydroxyl groups excluding tert-OH is 1. The molecule has 0 saturated carbocycles. The van der Waals surface area contributed by atoms with Gasteiger partial charge in [0.05, 0.1) is 24.8 Å². The molecule has 5 heteroatoms. The van der Waals surface area contributed by atoms with E-state index in [0.29, 0.717) is 18.7 Å². The van der Waals surface area contributed by atoms with Gasteiger partial charge in [-0.05, 0) is 18.6 Å². The van der Waals surface area contributed by atoms with Gasteiger partial charge < -0.3 is 14.4 Å². The highest BCUT2D eigenvalue weighted by Gasteiger charge is 2.18. The molecule has 0 bridgehead atoms. The first-order valence-corrected chi connectivity index (χ1v) is 7.80. The molecule has 0 radical (unpaired) electrons. The summed E-state index contributed by atoms with van der Waals surface area (Å²) in [5, 5.41) is 9.14. The van der Waals surface area contributed by atoms with Gasteiger partial charge in [0.2, 0.25) is 0 Å². The molecular formula is C19H19FN2O2. The fourth-order valence-corrected chi connectivity index (χ4v) is 2.74. The van der Waals surface area contributed by atoms with E-state index in [2.05, 4.69) is 4.98 Å². The number of imidazole rings is 1. The average Bonchev–Trinajstić information content (AvgIpc) is 3.04. The molecule has 124 valence electrons. The van der Waals surface area contributed by atoms with Crippen molar-refractivity contribution in [2.24, 2.45) is 0 Å². The van der Waals surface area contributed by atoms with E-state index in [9.17, 15) is 4.39 Å². The SMILES string of the molecule is COc1cc(F)ccc1-c1c(-c2ccccc2)ncn1CCCO. The van der Waals surface area contributed by atoms with E-state index in [4.69, 9.17) is 9.84 Å². The van der Waals surface area contributed by atoms with Crippen LogP contribution in [0.4, 0.5) is 4.39 Å². The molecule has 0 spiro atoms. The van der Waals surface area contributed by atoms with Gasteiger partial charge in [0.1, 0.15) is 11.6 Å². The number of benzene rings is 2. The molecule has 0 unspecified atom stereocenters. The van der Waals surface area contributed by atoms with Gasteiger partial charge in [-0.15, -0.1) is 0 Å². The minimum Gasteiger partial charge on any atom is -0.496 e. The lowest BCUT2D eigenvalue weighted by molar-refractivity contribution is 0.280. The Morgan fingerprint density at radius 3 is 2.67 bits per heavy atom. The molecule has 2 aromatic carbocycles. The molecule has 0 aliphatic rings. The van der Waals surface area contributed by atoms with Gasteiger partial charge in [0, 0.05) is 30.3 Å². The fourth-order valence-electron chi connectivity index (χ4n) is 2.74. The molecule has 3 aromatic rings. The number of halogens is 1. The van der Waals surface area contributed by atoms with Gasteiger partial charge in [-0.3, -0.25) is 0 Å². The predicted molar refractivity (Wildman–Crippen MR) is 91.3 cm³/mol. The maximum Gasteiger partial charge on any atom is 0.131 e. The monoisotopic (exact) mass is 326 g/mol. The summed E-state index contributed by atoms with van der Waals surface area (Å²) in [5.41, 5.74) is 3.40. The Morgan fingerprint density at radius 1 is 1.17 bits per heavy atom. The lowest BCUT2D eigenvalue weighted by atomic mass is 10.0. The van der Waals surface area contributed by atoms with E-state index in [1.165, 1.54) is 19.2 Å². The number of hydrogen-bond donors (Lipinski definition) is 1. The Bertz CT molecular complexity index is 815. The minimum absolute atomic E-state index is 0.0961. The Labute approximate surface area is 140 Å². The minimum atomic E-state index is -0.349. The summed E-state index contributed by atoms with van der Waals surface area (Å²) in [5.74, 6) is 0.108. The molecule has 0 amide bonds. The summed E-state index contributed by atoms with van der Waals surface area (Å²) >= 11 is 0. The van der Waals surface area contributed by atoms with Gasteiger partial charge in [-0.25, -0.2) is 9.37 Å². The first kappa shape index (κ1) is 16.2. The summed E-state index contributed by atoms with van der Waals surface area (Å²) in [7, 11) is 1.52. The maximum absolute atomic E-state index is 13.6. The van der Waals surface area contributed by atoms with E-state index < -0.39 is 0 Å². The van der Waals surface area contributed by atoms with E-state index in [-0.39, 0.29) is 12.4 Å². The van der Waals surface area contributed by atoms with Crippen LogP contribution in [0.3, 0.4) is 0 Å². The van der Waals surface area contributed by atoms with Crippen molar-refractivity contribution in [3.05, 3.63) is 60.7 Å². The molecule has 1 aromatic heterocycles. The molecule has 0 aliphatic heterocycles. The number of hydrogen-bond acceptors (Lipinski definition) is 3. The van der Waals surface area contributed by atoms with Crippen LogP contribution in [0.15, 0.2) is 54.9 Å². The van der Waals surface area contributed by atoms with Crippen molar-refractivity contribution in [2.75, 3.05) is 13.7 Å². The van der Waals surface area contributed by atoms with Gasteiger partial charge in [-0.2, -0.15) is 0 Å². The summed E-state index contributed by atoms with van der Waals surface area (Å²) in [6.07, 6.45) is 2.36. The highest BCUT2D eigenvalue weighted by atomic mass is 19.1. The van der Waals surface area contributed by atoms with Crippen LogP contribution >= 0.6 is 0 Å². The van der Waals surface area contributed by atoms with E-state index in [0.717, 1.165) is 22.5 Å². The molecular weight excluding hydrogens is 307 g/mol. The largest absolute Gasteiger partial charge is 0.496 e. The number of rotatable bonds is 6. The van der Waals surface area contributed by atoms with Gasteiger partial charge in [-0.1, -0.05) is 30.3 Å². The topological polar surface area (TPSA) is 47.3 Å². The molecule has 0 fully saturated rings. The molecule has 1 N–H and O–H groups in total. The third kappa shape index (κ3) is 3.16. The number of aromatic nitrogens is 2. The quantitative estimate of drug-likeness (QED) is 0.750. The smallest absolute Gasteiger partial charge is 0.131 e. The Morgan fingerprint density at radius 2 is 1.96 bits per heavy atom. The van der Waals surface area contributed by atoms with Crippen molar-refractivity contribution < 1.29 is 14.2 Å². The van der Waals surface area contributed by atoms with Crippen molar-refractivity contribution in [3.63, 3.8) is 0 Å². The molecule has 4 nitrogen and oxygen atoms in total. The van der Waals surface area contributed by atoms with Crippen LogP contribution in [-0.4, -0.2) is 28.4 Å². The summed E-state index contributed by atoms with van der Waals surface area (Å²) in [4.78, 5) is 4.55. The van der Waals surface area contributed by atoms with E-state index in [1.807, 2.05) is 34.9 Å². The Kier molecular flexibility index (Phi) is 4.91. The Hall–Kier alpha value is -2.66. The number of ether oxygens (including phenoxy) is 1. The van der Waals surface area contributed by atoms with E-state index in [1.54, 1.807) is 12.4 Å². The third-order valence-corrected chi connectivity index (χ3v) is 3.86. The number of aryl methyl sites for hydroxylation is 1. The zero-order valence-corrected chi connectivity index (χ0v) is 13.4. The van der Waals surface area contributed by atoms with Gasteiger partial charge in [0.25, 0.3) is 0 Å². The van der Waals surface area contributed by atoms with Crippen molar-refractivity contribution >= 4 is 0 Å². The number of aliphatic hydroxyl groups is 1. The fraction of sp³-hybridized carbons (Fsp3) is 0.211. The van der Waals surface area contributed by atoms with Crippen LogP contribution in [0.1, 0.15) is 6.42 Å². The zero-order chi connectivity index (χ0) is 16.9. The summed E-state index contributed by atoms with van der Waals surface area (Å²) in [6.45, 7) is 0.713. The standard InChI is InChI=1S/C19H19FN2O2/c1-24-17-12-15(20)8-9-16(17)19-18(14-6-3-2-4-7-14)21-13-22(19)10-5-11-23/h2-4,6-9,12-13,23H,5,10-11H2,1H3. The lowest BCUT2D eigenvalue weighted by Gasteiger charge is -2.13. The van der Waals surface area contributed by atoms with E-state index >= 15 is 0 Å². The predicted octanol–water partition coefficient (Wildman–Crippen LogP) is 3.75. The van der Waals surface area contributed by atoms with Gasteiger partial charge in [0.15, 0.2) is 0 Å². The van der Waals surface area contributed by atoms with Crippen LogP contribution in [0.5, 0.6) is 5.75 Å². The first-order chi connectivity index (χ1) is 11.7. The second-order valence-electron chi connectivity index (χ2n) is 5.42. The number of methoxy groups -OCH3 is 1.